The Labute approximate surface area is 110 Å². The van der Waals surface area contributed by atoms with Crippen molar-refractivity contribution in [2.75, 3.05) is 0 Å². The standard InChI is InChI=1S/C16H24FN/c1-4-15(11(2)3)18-16(12-5-6-12)13-7-9-14(17)10-8-13/h7-12,15-16,18H,4-6H2,1-3H3. The molecule has 0 spiro atoms. The second-order valence-electron chi connectivity index (χ2n) is 5.79. The van der Waals surface area contributed by atoms with Gasteiger partial charge in [-0.25, -0.2) is 4.39 Å². The van der Waals surface area contributed by atoms with Crippen LogP contribution in [0.3, 0.4) is 0 Å². The molecule has 2 unspecified atom stereocenters. The lowest BCUT2D eigenvalue weighted by atomic mass is 9.96. The summed E-state index contributed by atoms with van der Waals surface area (Å²) in [6.07, 6.45) is 3.73. The van der Waals surface area contributed by atoms with E-state index in [-0.39, 0.29) is 5.82 Å². The summed E-state index contributed by atoms with van der Waals surface area (Å²) in [4.78, 5) is 0. The minimum Gasteiger partial charge on any atom is -0.307 e. The average molecular weight is 249 g/mol. The van der Waals surface area contributed by atoms with Gasteiger partial charge < -0.3 is 5.32 Å². The minimum atomic E-state index is -0.149. The highest BCUT2D eigenvalue weighted by Gasteiger charge is 2.33. The topological polar surface area (TPSA) is 12.0 Å². The van der Waals surface area contributed by atoms with Crippen molar-refractivity contribution in [1.82, 2.24) is 5.32 Å². The van der Waals surface area contributed by atoms with Gasteiger partial charge in [-0.15, -0.1) is 0 Å². The zero-order valence-electron chi connectivity index (χ0n) is 11.6. The number of benzene rings is 1. The molecule has 100 valence electrons. The minimum absolute atomic E-state index is 0.149. The molecule has 1 N–H and O–H groups in total. The maximum atomic E-state index is 13.0. The molecule has 1 aliphatic rings. The number of hydrogen-bond acceptors (Lipinski definition) is 1. The van der Waals surface area contributed by atoms with Crippen LogP contribution in [0.1, 0.15) is 51.6 Å². The summed E-state index contributed by atoms with van der Waals surface area (Å²) in [5.41, 5.74) is 1.23. The van der Waals surface area contributed by atoms with E-state index < -0.39 is 0 Å². The molecule has 1 aliphatic carbocycles. The van der Waals surface area contributed by atoms with E-state index in [1.807, 2.05) is 12.1 Å². The predicted octanol–water partition coefficient (Wildman–Crippen LogP) is 4.30. The van der Waals surface area contributed by atoms with Gasteiger partial charge in [-0.05, 0) is 48.8 Å². The molecule has 0 radical (unpaired) electrons. The van der Waals surface area contributed by atoms with Crippen molar-refractivity contribution >= 4 is 0 Å². The fourth-order valence-corrected chi connectivity index (χ4v) is 2.62. The van der Waals surface area contributed by atoms with Gasteiger partial charge in [0.05, 0.1) is 0 Å². The van der Waals surface area contributed by atoms with Crippen LogP contribution in [0, 0.1) is 17.7 Å². The monoisotopic (exact) mass is 249 g/mol. The average Bonchev–Trinajstić information content (AvgIpc) is 3.16. The van der Waals surface area contributed by atoms with Crippen molar-refractivity contribution in [1.29, 1.82) is 0 Å². The van der Waals surface area contributed by atoms with Gasteiger partial charge >= 0.3 is 0 Å². The maximum absolute atomic E-state index is 13.0. The molecule has 18 heavy (non-hydrogen) atoms. The van der Waals surface area contributed by atoms with E-state index in [1.165, 1.54) is 18.4 Å². The molecule has 0 aliphatic heterocycles. The molecule has 2 atom stereocenters. The molecule has 0 saturated heterocycles. The normalized spacial score (nSPS) is 18.9. The second-order valence-corrected chi connectivity index (χ2v) is 5.79. The van der Waals surface area contributed by atoms with Crippen molar-refractivity contribution in [2.45, 2.75) is 52.1 Å². The van der Waals surface area contributed by atoms with E-state index in [9.17, 15) is 4.39 Å². The molecular formula is C16H24FN. The van der Waals surface area contributed by atoms with Crippen LogP contribution in [-0.2, 0) is 0 Å². The Morgan fingerprint density at radius 2 is 1.83 bits per heavy atom. The first-order valence-electron chi connectivity index (χ1n) is 7.13. The van der Waals surface area contributed by atoms with Gasteiger partial charge in [-0.2, -0.15) is 0 Å². The van der Waals surface area contributed by atoms with E-state index in [2.05, 4.69) is 26.1 Å². The molecule has 2 heteroatoms. The lowest BCUT2D eigenvalue weighted by Crippen LogP contribution is -2.37. The van der Waals surface area contributed by atoms with Crippen molar-refractivity contribution in [3.63, 3.8) is 0 Å². The van der Waals surface area contributed by atoms with Gasteiger partial charge in [0.15, 0.2) is 0 Å². The van der Waals surface area contributed by atoms with Gasteiger partial charge in [0.1, 0.15) is 5.82 Å². The van der Waals surface area contributed by atoms with Gasteiger partial charge in [0.2, 0.25) is 0 Å². The van der Waals surface area contributed by atoms with E-state index in [1.54, 1.807) is 12.1 Å². The SMILES string of the molecule is CCC(NC(c1ccc(F)cc1)C1CC1)C(C)C. The third-order valence-electron chi connectivity index (χ3n) is 3.96. The number of rotatable bonds is 6. The summed E-state index contributed by atoms with van der Waals surface area (Å²) in [5, 5.41) is 3.78. The fraction of sp³-hybridized carbons (Fsp3) is 0.625. The Morgan fingerprint density at radius 1 is 1.22 bits per heavy atom. The molecular weight excluding hydrogens is 225 g/mol. The first-order chi connectivity index (χ1) is 8.61. The van der Waals surface area contributed by atoms with E-state index in [0.29, 0.717) is 18.0 Å². The van der Waals surface area contributed by atoms with E-state index >= 15 is 0 Å². The zero-order chi connectivity index (χ0) is 13.1. The Balaban J connectivity index is 2.10. The highest BCUT2D eigenvalue weighted by molar-refractivity contribution is 5.22. The van der Waals surface area contributed by atoms with Crippen LogP contribution in [0.25, 0.3) is 0 Å². The molecule has 1 aromatic rings. The summed E-state index contributed by atoms with van der Waals surface area (Å²) in [5.74, 6) is 1.23. The number of nitrogens with one attached hydrogen (secondary N) is 1. The molecule has 1 fully saturated rings. The lowest BCUT2D eigenvalue weighted by molar-refractivity contribution is 0.327. The van der Waals surface area contributed by atoms with Crippen LogP contribution in [0.4, 0.5) is 4.39 Å². The van der Waals surface area contributed by atoms with Crippen LogP contribution in [-0.4, -0.2) is 6.04 Å². The molecule has 1 nitrogen and oxygen atoms in total. The fourth-order valence-electron chi connectivity index (χ4n) is 2.62. The first kappa shape index (κ1) is 13.5. The van der Waals surface area contributed by atoms with Gasteiger partial charge in [-0.1, -0.05) is 32.9 Å². The first-order valence-corrected chi connectivity index (χ1v) is 7.13. The van der Waals surface area contributed by atoms with Crippen LogP contribution < -0.4 is 5.32 Å². The largest absolute Gasteiger partial charge is 0.307 e. The summed E-state index contributed by atoms with van der Waals surface area (Å²) in [6, 6.07) is 7.95. The van der Waals surface area contributed by atoms with Crippen molar-refractivity contribution < 1.29 is 4.39 Å². The van der Waals surface area contributed by atoms with Crippen LogP contribution in [0.5, 0.6) is 0 Å². The van der Waals surface area contributed by atoms with Crippen molar-refractivity contribution in [2.24, 2.45) is 11.8 Å². The van der Waals surface area contributed by atoms with Gasteiger partial charge in [0.25, 0.3) is 0 Å². The molecule has 0 amide bonds. The Morgan fingerprint density at radius 3 is 2.28 bits per heavy atom. The third kappa shape index (κ3) is 3.32. The maximum Gasteiger partial charge on any atom is 0.123 e. The quantitative estimate of drug-likeness (QED) is 0.792. The Bertz CT molecular complexity index is 367. The lowest BCUT2D eigenvalue weighted by Gasteiger charge is -2.28. The molecule has 0 heterocycles. The zero-order valence-corrected chi connectivity index (χ0v) is 11.6. The summed E-state index contributed by atoms with van der Waals surface area (Å²) >= 11 is 0. The van der Waals surface area contributed by atoms with E-state index in [4.69, 9.17) is 0 Å². The van der Waals surface area contributed by atoms with Crippen LogP contribution in [0.2, 0.25) is 0 Å². The Hall–Kier alpha value is -0.890. The predicted molar refractivity (Wildman–Crippen MR) is 73.9 cm³/mol. The summed E-state index contributed by atoms with van der Waals surface area (Å²) < 4.78 is 13.0. The number of hydrogen-bond donors (Lipinski definition) is 1. The van der Waals surface area contributed by atoms with E-state index in [0.717, 1.165) is 12.3 Å². The van der Waals surface area contributed by atoms with Crippen LogP contribution in [0.15, 0.2) is 24.3 Å². The van der Waals surface area contributed by atoms with Crippen molar-refractivity contribution in [3.05, 3.63) is 35.6 Å². The van der Waals surface area contributed by atoms with Gasteiger partial charge in [0, 0.05) is 12.1 Å². The second kappa shape index (κ2) is 5.83. The molecule has 1 saturated carbocycles. The Kier molecular flexibility index (Phi) is 4.39. The molecule has 2 rings (SSSR count). The highest BCUT2D eigenvalue weighted by atomic mass is 19.1. The molecule has 1 aromatic carbocycles. The van der Waals surface area contributed by atoms with Gasteiger partial charge in [-0.3, -0.25) is 0 Å². The highest BCUT2D eigenvalue weighted by Crippen LogP contribution is 2.41. The summed E-state index contributed by atoms with van der Waals surface area (Å²) in [7, 11) is 0. The third-order valence-corrected chi connectivity index (χ3v) is 3.96. The smallest absolute Gasteiger partial charge is 0.123 e. The summed E-state index contributed by atoms with van der Waals surface area (Å²) in [6.45, 7) is 6.75. The van der Waals surface area contributed by atoms with Crippen LogP contribution >= 0.6 is 0 Å². The van der Waals surface area contributed by atoms with Crippen molar-refractivity contribution in [3.8, 4) is 0 Å². The molecule has 0 aromatic heterocycles. The molecule has 0 bridgehead atoms. The number of halogens is 1.